The molecule has 1 atom stereocenters. The molecule has 1 N–H and O–H groups in total. The first-order chi connectivity index (χ1) is 12.6. The molecule has 2 rings (SSSR count). The molecule has 0 aromatic heterocycles. The van der Waals surface area contributed by atoms with Crippen molar-refractivity contribution in [1.82, 2.24) is 9.62 Å². The van der Waals surface area contributed by atoms with E-state index in [9.17, 15) is 13.2 Å². The fourth-order valence-corrected chi connectivity index (χ4v) is 3.67. The van der Waals surface area contributed by atoms with Gasteiger partial charge in [-0.2, -0.15) is 4.31 Å². The van der Waals surface area contributed by atoms with Crippen LogP contribution in [0.1, 0.15) is 40.8 Å². The lowest BCUT2D eigenvalue weighted by molar-refractivity contribution is -0.122. The Balaban J connectivity index is 2.09. The number of rotatable bonds is 7. The molecule has 0 aliphatic heterocycles. The third-order valence-electron chi connectivity index (χ3n) is 4.55. The minimum atomic E-state index is -3.51. The standard InChI is InChI=1S/C21H28N2O3S/c1-15-7-10-19(11-8-15)13-23(27(5,25)26)14-21(24)22-18(4)20-12-16(2)6-9-17(20)3/h6-12,18H,13-14H2,1-5H3,(H,22,24)/t18-/m0/s1. The average Bonchev–Trinajstić information content (AvgIpc) is 2.57. The predicted molar refractivity (Wildman–Crippen MR) is 109 cm³/mol. The quantitative estimate of drug-likeness (QED) is 0.792. The number of hydrogen-bond acceptors (Lipinski definition) is 3. The van der Waals surface area contributed by atoms with E-state index in [4.69, 9.17) is 0 Å². The van der Waals surface area contributed by atoms with Crippen LogP contribution in [0.25, 0.3) is 0 Å². The van der Waals surface area contributed by atoms with E-state index in [1.54, 1.807) is 0 Å². The Bertz CT molecular complexity index is 906. The molecule has 0 radical (unpaired) electrons. The van der Waals surface area contributed by atoms with E-state index in [0.717, 1.165) is 34.1 Å². The van der Waals surface area contributed by atoms with Crippen molar-refractivity contribution in [3.63, 3.8) is 0 Å². The van der Waals surface area contributed by atoms with Gasteiger partial charge in [0.05, 0.1) is 18.8 Å². The van der Waals surface area contributed by atoms with E-state index in [2.05, 4.69) is 5.32 Å². The van der Waals surface area contributed by atoms with E-state index in [1.165, 1.54) is 4.31 Å². The van der Waals surface area contributed by atoms with Crippen LogP contribution < -0.4 is 5.32 Å². The molecule has 146 valence electrons. The molecular weight excluding hydrogens is 360 g/mol. The number of hydrogen-bond donors (Lipinski definition) is 1. The van der Waals surface area contributed by atoms with Crippen LogP contribution in [-0.4, -0.2) is 31.4 Å². The van der Waals surface area contributed by atoms with Crippen molar-refractivity contribution >= 4 is 15.9 Å². The number of carbonyl (C=O) groups is 1. The second-order valence-electron chi connectivity index (χ2n) is 7.17. The molecule has 0 unspecified atom stereocenters. The highest BCUT2D eigenvalue weighted by Crippen LogP contribution is 2.19. The second-order valence-corrected chi connectivity index (χ2v) is 9.15. The molecule has 6 heteroatoms. The van der Waals surface area contributed by atoms with Crippen molar-refractivity contribution < 1.29 is 13.2 Å². The number of benzene rings is 2. The maximum Gasteiger partial charge on any atom is 0.235 e. The summed E-state index contributed by atoms with van der Waals surface area (Å²) in [5.41, 5.74) is 5.20. The van der Waals surface area contributed by atoms with E-state index in [1.807, 2.05) is 70.2 Å². The lowest BCUT2D eigenvalue weighted by Gasteiger charge is -2.22. The van der Waals surface area contributed by atoms with Crippen LogP contribution in [-0.2, 0) is 21.4 Å². The number of nitrogens with one attached hydrogen (secondary N) is 1. The van der Waals surface area contributed by atoms with Crippen LogP contribution in [0.3, 0.4) is 0 Å². The van der Waals surface area contributed by atoms with Crippen LogP contribution in [0.4, 0.5) is 0 Å². The Morgan fingerprint density at radius 1 is 1.04 bits per heavy atom. The zero-order valence-electron chi connectivity index (χ0n) is 16.6. The lowest BCUT2D eigenvalue weighted by atomic mass is 10.00. The van der Waals surface area contributed by atoms with Crippen LogP contribution in [0.5, 0.6) is 0 Å². The summed E-state index contributed by atoms with van der Waals surface area (Å²) in [6, 6.07) is 13.5. The third kappa shape index (κ3) is 6.19. The smallest absolute Gasteiger partial charge is 0.235 e. The minimum Gasteiger partial charge on any atom is -0.348 e. The lowest BCUT2D eigenvalue weighted by Crippen LogP contribution is -2.40. The van der Waals surface area contributed by atoms with E-state index in [0.29, 0.717) is 0 Å². The highest BCUT2D eigenvalue weighted by molar-refractivity contribution is 7.88. The number of sulfonamides is 1. The summed E-state index contributed by atoms with van der Waals surface area (Å²) in [6.45, 7) is 7.85. The van der Waals surface area contributed by atoms with Gasteiger partial charge < -0.3 is 5.32 Å². The van der Waals surface area contributed by atoms with Crippen molar-refractivity contribution in [2.75, 3.05) is 12.8 Å². The fourth-order valence-electron chi connectivity index (χ4n) is 2.94. The molecule has 0 aliphatic rings. The molecule has 1 amide bonds. The molecule has 0 spiro atoms. The Morgan fingerprint density at radius 3 is 2.22 bits per heavy atom. The molecule has 27 heavy (non-hydrogen) atoms. The van der Waals surface area contributed by atoms with Gasteiger partial charge in [-0.3, -0.25) is 4.79 Å². The third-order valence-corrected chi connectivity index (χ3v) is 5.74. The first-order valence-electron chi connectivity index (χ1n) is 8.93. The van der Waals surface area contributed by atoms with Crippen molar-refractivity contribution in [3.05, 3.63) is 70.3 Å². The topological polar surface area (TPSA) is 66.5 Å². The predicted octanol–water partition coefficient (Wildman–Crippen LogP) is 3.25. The normalized spacial score (nSPS) is 12.8. The fraction of sp³-hybridized carbons (Fsp3) is 0.381. The van der Waals surface area contributed by atoms with E-state index < -0.39 is 10.0 Å². The Labute approximate surface area is 162 Å². The van der Waals surface area contributed by atoms with Crippen molar-refractivity contribution in [1.29, 1.82) is 0 Å². The van der Waals surface area contributed by atoms with Gasteiger partial charge in [0.1, 0.15) is 0 Å². The zero-order valence-corrected chi connectivity index (χ0v) is 17.4. The summed E-state index contributed by atoms with van der Waals surface area (Å²) in [4.78, 5) is 12.5. The Hall–Kier alpha value is -2.18. The molecule has 2 aromatic rings. The largest absolute Gasteiger partial charge is 0.348 e. The van der Waals surface area contributed by atoms with Gasteiger partial charge in [-0.1, -0.05) is 53.6 Å². The van der Waals surface area contributed by atoms with Crippen LogP contribution in [0.15, 0.2) is 42.5 Å². The van der Waals surface area contributed by atoms with Crippen LogP contribution in [0.2, 0.25) is 0 Å². The molecule has 0 bridgehead atoms. The summed E-state index contributed by atoms with van der Waals surface area (Å²) >= 11 is 0. The number of aryl methyl sites for hydroxylation is 3. The maximum absolute atomic E-state index is 12.5. The molecule has 0 saturated carbocycles. The Kier molecular flexibility index (Phi) is 6.78. The minimum absolute atomic E-state index is 0.171. The van der Waals surface area contributed by atoms with Crippen LogP contribution >= 0.6 is 0 Å². The molecule has 0 saturated heterocycles. The highest BCUT2D eigenvalue weighted by Gasteiger charge is 2.22. The highest BCUT2D eigenvalue weighted by atomic mass is 32.2. The molecule has 0 heterocycles. The van der Waals surface area contributed by atoms with Gasteiger partial charge in [-0.15, -0.1) is 0 Å². The second kappa shape index (κ2) is 8.67. The summed E-state index contributed by atoms with van der Waals surface area (Å²) in [5, 5.41) is 2.92. The van der Waals surface area contributed by atoms with E-state index >= 15 is 0 Å². The molecular formula is C21H28N2O3S. The summed E-state index contributed by atoms with van der Waals surface area (Å²) in [7, 11) is -3.51. The van der Waals surface area contributed by atoms with Gasteiger partial charge in [0, 0.05) is 6.54 Å². The summed E-state index contributed by atoms with van der Waals surface area (Å²) < 4.78 is 25.5. The molecule has 5 nitrogen and oxygen atoms in total. The van der Waals surface area contributed by atoms with Gasteiger partial charge >= 0.3 is 0 Å². The number of amides is 1. The van der Waals surface area contributed by atoms with Gasteiger partial charge in [0.15, 0.2) is 0 Å². The van der Waals surface area contributed by atoms with Crippen molar-refractivity contribution in [2.45, 2.75) is 40.3 Å². The first kappa shape index (κ1) is 21.1. The van der Waals surface area contributed by atoms with Crippen LogP contribution in [0, 0.1) is 20.8 Å². The monoisotopic (exact) mass is 388 g/mol. The van der Waals surface area contributed by atoms with Gasteiger partial charge in [-0.05, 0) is 44.4 Å². The number of carbonyl (C=O) groups excluding carboxylic acids is 1. The number of nitrogens with zero attached hydrogens (tertiary/aromatic N) is 1. The molecule has 0 fully saturated rings. The van der Waals surface area contributed by atoms with Gasteiger partial charge in [0.2, 0.25) is 15.9 Å². The first-order valence-corrected chi connectivity index (χ1v) is 10.8. The molecule has 2 aromatic carbocycles. The van der Waals surface area contributed by atoms with Crippen molar-refractivity contribution in [2.24, 2.45) is 0 Å². The summed E-state index contributed by atoms with van der Waals surface area (Å²) in [6.07, 6.45) is 1.13. The van der Waals surface area contributed by atoms with Gasteiger partial charge in [0.25, 0.3) is 0 Å². The Morgan fingerprint density at radius 2 is 1.63 bits per heavy atom. The van der Waals surface area contributed by atoms with E-state index in [-0.39, 0.29) is 25.0 Å². The maximum atomic E-state index is 12.5. The van der Waals surface area contributed by atoms with Crippen molar-refractivity contribution in [3.8, 4) is 0 Å². The molecule has 0 aliphatic carbocycles. The SMILES string of the molecule is Cc1ccc(CN(CC(=O)N[C@@H](C)c2cc(C)ccc2C)S(C)(=O)=O)cc1. The van der Waals surface area contributed by atoms with Gasteiger partial charge in [-0.25, -0.2) is 8.42 Å². The summed E-state index contributed by atoms with van der Waals surface area (Å²) in [5.74, 6) is -0.319. The zero-order chi connectivity index (χ0) is 20.2. The average molecular weight is 389 g/mol.